The third kappa shape index (κ3) is 4.66. The molecule has 7 nitrogen and oxygen atoms in total. The number of anilines is 2. The van der Waals surface area contributed by atoms with Gasteiger partial charge in [-0.25, -0.2) is 0 Å². The van der Waals surface area contributed by atoms with Gasteiger partial charge in [-0.3, -0.25) is 0 Å². The average molecular weight is 319 g/mol. The number of aliphatic hydroxyl groups is 1. The molecular formula is C16H25N5O2. The van der Waals surface area contributed by atoms with Gasteiger partial charge in [-0.05, 0) is 19.1 Å². The number of furan rings is 1. The van der Waals surface area contributed by atoms with Gasteiger partial charge in [-0.2, -0.15) is 15.0 Å². The van der Waals surface area contributed by atoms with Crippen molar-refractivity contribution in [3.05, 3.63) is 30.0 Å². The first-order chi connectivity index (χ1) is 10.9. The van der Waals surface area contributed by atoms with Gasteiger partial charge >= 0.3 is 0 Å². The second-order valence-corrected chi connectivity index (χ2v) is 6.18. The maximum atomic E-state index is 10.1. The van der Waals surface area contributed by atoms with Gasteiger partial charge in [0.05, 0.1) is 6.26 Å². The van der Waals surface area contributed by atoms with E-state index in [2.05, 4.69) is 20.3 Å². The summed E-state index contributed by atoms with van der Waals surface area (Å²) in [4.78, 5) is 15.2. The van der Waals surface area contributed by atoms with Crippen LogP contribution in [0.25, 0.3) is 0 Å². The van der Waals surface area contributed by atoms with Crippen LogP contribution in [0, 0.1) is 0 Å². The zero-order chi connectivity index (χ0) is 17.0. The van der Waals surface area contributed by atoms with E-state index >= 15 is 0 Å². The molecule has 2 unspecified atom stereocenters. The van der Waals surface area contributed by atoms with Crippen molar-refractivity contribution in [3.63, 3.8) is 0 Å². The molecule has 0 fully saturated rings. The molecule has 0 bridgehead atoms. The summed E-state index contributed by atoms with van der Waals surface area (Å²) in [5.41, 5.74) is 0. The minimum atomic E-state index is -0.660. The number of aromatic nitrogens is 3. The molecule has 2 aromatic heterocycles. The summed E-state index contributed by atoms with van der Waals surface area (Å²) >= 11 is 0. The number of nitrogens with zero attached hydrogens (tertiary/aromatic N) is 4. The molecule has 0 aromatic carbocycles. The van der Waals surface area contributed by atoms with Crippen molar-refractivity contribution in [2.45, 2.75) is 45.3 Å². The number of aliphatic hydroxyl groups excluding tert-OH is 1. The van der Waals surface area contributed by atoms with Gasteiger partial charge in [0.25, 0.3) is 0 Å². The molecule has 0 saturated carbocycles. The van der Waals surface area contributed by atoms with Gasteiger partial charge in [-0.15, -0.1) is 0 Å². The lowest BCUT2D eigenvalue weighted by Crippen LogP contribution is -2.23. The predicted molar refractivity (Wildman–Crippen MR) is 89.6 cm³/mol. The van der Waals surface area contributed by atoms with Gasteiger partial charge in [0.2, 0.25) is 11.9 Å². The van der Waals surface area contributed by atoms with E-state index in [-0.39, 0.29) is 12.0 Å². The van der Waals surface area contributed by atoms with Crippen LogP contribution in [0.3, 0.4) is 0 Å². The van der Waals surface area contributed by atoms with Crippen molar-refractivity contribution < 1.29 is 9.52 Å². The van der Waals surface area contributed by atoms with Crippen molar-refractivity contribution >= 4 is 11.9 Å². The number of hydrogen-bond acceptors (Lipinski definition) is 7. The lowest BCUT2D eigenvalue weighted by atomic mass is 10.1. The van der Waals surface area contributed by atoms with E-state index in [4.69, 9.17) is 4.42 Å². The van der Waals surface area contributed by atoms with E-state index < -0.39 is 6.10 Å². The Labute approximate surface area is 136 Å². The highest BCUT2D eigenvalue weighted by Gasteiger charge is 2.17. The fraction of sp³-hybridized carbons (Fsp3) is 0.562. The Balaban J connectivity index is 2.09. The topological polar surface area (TPSA) is 87.3 Å². The Hall–Kier alpha value is -2.15. The molecule has 2 rings (SSSR count). The summed E-state index contributed by atoms with van der Waals surface area (Å²) in [6.07, 6.45) is 1.39. The van der Waals surface area contributed by atoms with Gasteiger partial charge in [-0.1, -0.05) is 13.8 Å². The summed E-state index contributed by atoms with van der Waals surface area (Å²) in [7, 11) is 3.79. The molecule has 0 aliphatic carbocycles. The molecule has 2 N–H and O–H groups in total. The summed E-state index contributed by atoms with van der Waals surface area (Å²) in [5, 5.41) is 13.4. The molecule has 2 atom stereocenters. The first-order valence-corrected chi connectivity index (χ1v) is 7.78. The summed E-state index contributed by atoms with van der Waals surface area (Å²) in [6.45, 7) is 6.06. The summed E-state index contributed by atoms with van der Waals surface area (Å²) < 4.78 is 5.22. The zero-order valence-corrected chi connectivity index (χ0v) is 14.3. The fourth-order valence-corrected chi connectivity index (χ4v) is 2.11. The monoisotopic (exact) mass is 319 g/mol. The molecule has 23 heavy (non-hydrogen) atoms. The molecule has 7 heteroatoms. The van der Waals surface area contributed by atoms with Crippen LogP contribution in [0.1, 0.15) is 50.8 Å². The minimum Gasteiger partial charge on any atom is -0.467 e. The zero-order valence-electron chi connectivity index (χ0n) is 14.3. The van der Waals surface area contributed by atoms with Gasteiger partial charge < -0.3 is 19.7 Å². The van der Waals surface area contributed by atoms with E-state index in [1.165, 1.54) is 0 Å². The molecule has 0 saturated heterocycles. The maximum absolute atomic E-state index is 10.1. The highest BCUT2D eigenvalue weighted by Crippen LogP contribution is 2.21. The summed E-state index contributed by atoms with van der Waals surface area (Å²) in [6, 6.07) is 3.51. The first kappa shape index (κ1) is 17.2. The quantitative estimate of drug-likeness (QED) is 0.811. The van der Waals surface area contributed by atoms with Crippen molar-refractivity contribution in [3.8, 4) is 0 Å². The highest BCUT2D eigenvalue weighted by atomic mass is 16.4. The second-order valence-electron chi connectivity index (χ2n) is 6.18. The van der Waals surface area contributed by atoms with Gasteiger partial charge in [0, 0.05) is 32.5 Å². The van der Waals surface area contributed by atoms with Crippen LogP contribution in [-0.2, 0) is 0 Å². The SMILES string of the molecule is CC(CC(O)c1ccco1)Nc1nc(C(C)C)nc(N(C)C)n1. The largest absolute Gasteiger partial charge is 0.467 e. The Morgan fingerprint density at radius 1 is 1.22 bits per heavy atom. The van der Waals surface area contributed by atoms with Crippen molar-refractivity contribution in [1.29, 1.82) is 0 Å². The van der Waals surface area contributed by atoms with Crippen LogP contribution in [0.15, 0.2) is 22.8 Å². The normalized spacial score (nSPS) is 13.9. The van der Waals surface area contributed by atoms with E-state index in [1.807, 2.05) is 39.8 Å². The smallest absolute Gasteiger partial charge is 0.229 e. The van der Waals surface area contributed by atoms with Crippen molar-refractivity contribution in [2.75, 3.05) is 24.3 Å². The van der Waals surface area contributed by atoms with Crippen LogP contribution in [0.5, 0.6) is 0 Å². The Kier molecular flexibility index (Phi) is 5.54. The standard InChI is InChI=1S/C16H25N5O2/c1-10(2)14-18-15(20-16(19-14)21(4)5)17-11(3)9-12(22)13-7-6-8-23-13/h6-8,10-12,22H,9H2,1-5H3,(H,17,18,19,20). The van der Waals surface area contributed by atoms with Gasteiger partial charge in [0.15, 0.2) is 0 Å². The third-order valence-corrected chi connectivity index (χ3v) is 3.38. The third-order valence-electron chi connectivity index (χ3n) is 3.38. The molecular weight excluding hydrogens is 294 g/mol. The molecule has 0 radical (unpaired) electrons. The Bertz CT molecular complexity index is 587. The van der Waals surface area contributed by atoms with Crippen LogP contribution in [-0.4, -0.2) is 40.2 Å². The second kappa shape index (κ2) is 7.41. The van der Waals surface area contributed by atoms with Crippen molar-refractivity contribution in [1.82, 2.24) is 15.0 Å². The number of hydrogen-bond donors (Lipinski definition) is 2. The molecule has 2 heterocycles. The maximum Gasteiger partial charge on any atom is 0.229 e. The molecule has 0 aliphatic heterocycles. The Morgan fingerprint density at radius 2 is 1.96 bits per heavy atom. The lowest BCUT2D eigenvalue weighted by Gasteiger charge is -2.19. The Morgan fingerprint density at radius 3 is 2.52 bits per heavy atom. The van der Waals surface area contributed by atoms with E-state index in [0.717, 1.165) is 5.82 Å². The molecule has 2 aromatic rings. The first-order valence-electron chi connectivity index (χ1n) is 7.78. The fourth-order valence-electron chi connectivity index (χ4n) is 2.11. The van der Waals surface area contributed by atoms with Crippen LogP contribution >= 0.6 is 0 Å². The van der Waals surface area contributed by atoms with Gasteiger partial charge in [0.1, 0.15) is 17.7 Å². The number of rotatable bonds is 7. The molecule has 0 spiro atoms. The predicted octanol–water partition coefficient (Wildman–Crippen LogP) is 2.58. The summed E-state index contributed by atoms with van der Waals surface area (Å²) in [5.74, 6) is 2.65. The average Bonchev–Trinajstić information content (AvgIpc) is 3.00. The van der Waals surface area contributed by atoms with Crippen LogP contribution < -0.4 is 10.2 Å². The van der Waals surface area contributed by atoms with E-state index in [1.54, 1.807) is 18.4 Å². The molecule has 0 amide bonds. The highest BCUT2D eigenvalue weighted by molar-refractivity contribution is 5.36. The van der Waals surface area contributed by atoms with E-state index in [0.29, 0.717) is 24.1 Å². The van der Waals surface area contributed by atoms with E-state index in [9.17, 15) is 5.11 Å². The van der Waals surface area contributed by atoms with Crippen LogP contribution in [0.2, 0.25) is 0 Å². The molecule has 0 aliphatic rings. The molecule has 126 valence electrons. The van der Waals surface area contributed by atoms with Crippen molar-refractivity contribution in [2.24, 2.45) is 0 Å². The lowest BCUT2D eigenvalue weighted by molar-refractivity contribution is 0.136. The van der Waals surface area contributed by atoms with Crippen LogP contribution in [0.4, 0.5) is 11.9 Å². The number of nitrogens with one attached hydrogen (secondary N) is 1. The minimum absolute atomic E-state index is 0.0208.